The molecule has 2 unspecified atom stereocenters. The average molecular weight is 442 g/mol. The lowest BCUT2D eigenvalue weighted by Crippen LogP contribution is -2.42. The molecule has 0 spiro atoms. The highest BCUT2D eigenvalue weighted by Crippen LogP contribution is 2.43. The Hall–Kier alpha value is -4.13. The van der Waals surface area contributed by atoms with Crippen molar-refractivity contribution in [2.45, 2.75) is 24.9 Å². The van der Waals surface area contributed by atoms with Gasteiger partial charge in [-0.15, -0.1) is 0 Å². The molecule has 1 saturated heterocycles. The van der Waals surface area contributed by atoms with Gasteiger partial charge in [-0.25, -0.2) is 4.79 Å². The largest absolute Gasteiger partial charge is 0.545 e. The monoisotopic (exact) mass is 442 g/mol. The van der Waals surface area contributed by atoms with Crippen molar-refractivity contribution in [2.24, 2.45) is 0 Å². The van der Waals surface area contributed by atoms with E-state index in [4.69, 9.17) is 0 Å². The van der Waals surface area contributed by atoms with Crippen molar-refractivity contribution >= 4 is 23.6 Å². The number of likely N-dealkylation sites (tertiary alicyclic amines) is 1. The van der Waals surface area contributed by atoms with Crippen molar-refractivity contribution in [2.75, 3.05) is 11.9 Å². The van der Waals surface area contributed by atoms with Gasteiger partial charge in [0.2, 0.25) is 5.91 Å². The first kappa shape index (κ1) is 22.1. The zero-order valence-corrected chi connectivity index (χ0v) is 17.9. The zero-order valence-electron chi connectivity index (χ0n) is 17.9. The van der Waals surface area contributed by atoms with Crippen LogP contribution in [0.15, 0.2) is 84.9 Å². The maximum Gasteiger partial charge on any atom is 0.319 e. The van der Waals surface area contributed by atoms with Crippen LogP contribution in [-0.4, -0.2) is 29.4 Å². The Kier molecular flexibility index (Phi) is 6.69. The molecule has 1 heterocycles. The van der Waals surface area contributed by atoms with Gasteiger partial charge in [-0.1, -0.05) is 72.8 Å². The summed E-state index contributed by atoms with van der Waals surface area (Å²) in [6.07, 6.45) is 1.66. The number of carboxylic acids is 1. The van der Waals surface area contributed by atoms with Crippen molar-refractivity contribution in [3.05, 3.63) is 102 Å². The smallest absolute Gasteiger partial charge is 0.319 e. The number of hydrogen-bond acceptors (Lipinski definition) is 4. The Morgan fingerprint density at radius 1 is 0.818 bits per heavy atom. The predicted octanol–water partition coefficient (Wildman–Crippen LogP) is 3.28. The van der Waals surface area contributed by atoms with Crippen LogP contribution in [0, 0.1) is 0 Å². The molecule has 3 amide bonds. The maximum atomic E-state index is 13.3. The topological polar surface area (TPSA) is 102 Å². The molecule has 3 aromatic rings. The van der Waals surface area contributed by atoms with E-state index in [1.165, 1.54) is 18.2 Å². The van der Waals surface area contributed by atoms with E-state index in [9.17, 15) is 19.5 Å². The molecule has 33 heavy (non-hydrogen) atoms. The van der Waals surface area contributed by atoms with Gasteiger partial charge < -0.3 is 25.4 Å². The molecular formula is C26H24N3O4-. The second kappa shape index (κ2) is 9.99. The van der Waals surface area contributed by atoms with E-state index in [-0.39, 0.29) is 30.1 Å². The van der Waals surface area contributed by atoms with Crippen LogP contribution in [0.1, 0.15) is 46.4 Å². The molecule has 168 valence electrons. The van der Waals surface area contributed by atoms with Gasteiger partial charge in [-0.3, -0.25) is 4.79 Å². The number of aromatic carboxylic acids is 1. The van der Waals surface area contributed by atoms with Gasteiger partial charge in [0.05, 0.1) is 24.6 Å². The van der Waals surface area contributed by atoms with E-state index in [0.717, 1.165) is 24.0 Å². The Balaban J connectivity index is 1.47. The SMILES string of the molecule is O=C(NCC(=O)N1C(c2ccccc2)CCC1c1ccccc1)Nc1cccc(C(=O)[O-])c1. The van der Waals surface area contributed by atoms with Gasteiger partial charge in [0, 0.05) is 5.69 Å². The standard InChI is InChI=1S/C26H25N3O4/c30-24(17-27-26(33)28-21-13-7-12-20(16-21)25(31)32)29-22(18-8-3-1-4-9-18)14-15-23(29)19-10-5-2-6-11-19/h1-13,16,22-23H,14-15,17H2,(H,31,32)(H2,27,28,33)/p-1. The van der Waals surface area contributed by atoms with Crippen molar-refractivity contribution in [1.82, 2.24) is 10.2 Å². The van der Waals surface area contributed by atoms with Crippen LogP contribution in [0.5, 0.6) is 0 Å². The van der Waals surface area contributed by atoms with E-state index >= 15 is 0 Å². The van der Waals surface area contributed by atoms with E-state index in [2.05, 4.69) is 10.6 Å². The predicted molar refractivity (Wildman–Crippen MR) is 122 cm³/mol. The van der Waals surface area contributed by atoms with E-state index < -0.39 is 12.0 Å². The van der Waals surface area contributed by atoms with E-state index in [0.29, 0.717) is 5.69 Å². The first-order valence-electron chi connectivity index (χ1n) is 10.8. The van der Waals surface area contributed by atoms with Gasteiger partial charge in [0.25, 0.3) is 0 Å². The zero-order chi connectivity index (χ0) is 23.2. The molecule has 0 aliphatic carbocycles. The Morgan fingerprint density at radius 2 is 1.39 bits per heavy atom. The van der Waals surface area contributed by atoms with Crippen molar-refractivity contribution < 1.29 is 19.5 Å². The first-order valence-corrected chi connectivity index (χ1v) is 10.8. The van der Waals surface area contributed by atoms with Crippen LogP contribution < -0.4 is 15.7 Å². The number of nitrogens with one attached hydrogen (secondary N) is 2. The highest BCUT2D eigenvalue weighted by molar-refractivity contribution is 5.94. The Morgan fingerprint density at radius 3 is 1.94 bits per heavy atom. The Bertz CT molecular complexity index is 1090. The molecule has 0 aromatic heterocycles. The fraction of sp³-hybridized carbons (Fsp3) is 0.192. The molecule has 1 fully saturated rings. The summed E-state index contributed by atoms with van der Waals surface area (Å²) in [5.41, 5.74) is 2.38. The van der Waals surface area contributed by atoms with Crippen LogP contribution in [0.25, 0.3) is 0 Å². The molecule has 0 saturated carbocycles. The lowest BCUT2D eigenvalue weighted by atomic mass is 10.0. The number of hydrogen-bond donors (Lipinski definition) is 2. The molecular weight excluding hydrogens is 418 g/mol. The second-order valence-corrected chi connectivity index (χ2v) is 7.91. The molecule has 3 aromatic carbocycles. The lowest BCUT2D eigenvalue weighted by Gasteiger charge is -2.31. The number of urea groups is 1. The minimum Gasteiger partial charge on any atom is -0.545 e. The maximum absolute atomic E-state index is 13.3. The van der Waals surface area contributed by atoms with E-state index in [1.807, 2.05) is 65.6 Å². The van der Waals surface area contributed by atoms with Gasteiger partial charge in [-0.2, -0.15) is 0 Å². The highest BCUT2D eigenvalue weighted by Gasteiger charge is 2.38. The normalized spacial score (nSPS) is 17.4. The summed E-state index contributed by atoms with van der Waals surface area (Å²) >= 11 is 0. The van der Waals surface area contributed by atoms with Gasteiger partial charge in [0.15, 0.2) is 0 Å². The average Bonchev–Trinajstić information content (AvgIpc) is 3.29. The Labute approximate surface area is 192 Å². The third kappa shape index (κ3) is 5.20. The summed E-state index contributed by atoms with van der Waals surface area (Å²) < 4.78 is 0. The fourth-order valence-corrected chi connectivity index (χ4v) is 4.31. The van der Waals surface area contributed by atoms with Crippen LogP contribution in [0.4, 0.5) is 10.5 Å². The lowest BCUT2D eigenvalue weighted by molar-refractivity contribution is -0.255. The minimum absolute atomic E-state index is 0.0441. The fourth-order valence-electron chi connectivity index (χ4n) is 4.31. The van der Waals surface area contributed by atoms with Crippen molar-refractivity contribution in [3.8, 4) is 0 Å². The quantitative estimate of drug-likeness (QED) is 0.612. The van der Waals surface area contributed by atoms with Crippen LogP contribution in [0.2, 0.25) is 0 Å². The molecule has 1 aliphatic heterocycles. The number of benzene rings is 3. The first-order chi connectivity index (χ1) is 16.0. The summed E-state index contributed by atoms with van der Waals surface area (Å²) in [5.74, 6) is -1.52. The molecule has 7 heteroatoms. The molecule has 7 nitrogen and oxygen atoms in total. The number of carbonyl (C=O) groups is 3. The van der Waals surface area contributed by atoms with E-state index in [1.54, 1.807) is 6.07 Å². The number of carboxylic acid groups (broad SMARTS) is 1. The highest BCUT2D eigenvalue weighted by atomic mass is 16.4. The molecule has 1 aliphatic rings. The number of amides is 3. The molecule has 4 rings (SSSR count). The summed E-state index contributed by atoms with van der Waals surface area (Å²) in [6.45, 7) is -0.182. The summed E-state index contributed by atoms with van der Waals surface area (Å²) in [7, 11) is 0. The molecule has 2 atom stereocenters. The number of carbonyl (C=O) groups excluding carboxylic acids is 3. The molecule has 0 radical (unpaired) electrons. The third-order valence-electron chi connectivity index (χ3n) is 5.80. The van der Waals surface area contributed by atoms with Crippen LogP contribution in [0.3, 0.4) is 0 Å². The minimum atomic E-state index is -1.33. The van der Waals surface area contributed by atoms with Crippen LogP contribution in [-0.2, 0) is 4.79 Å². The summed E-state index contributed by atoms with van der Waals surface area (Å²) in [5, 5.41) is 16.2. The summed E-state index contributed by atoms with van der Waals surface area (Å²) in [4.78, 5) is 38.5. The van der Waals surface area contributed by atoms with Crippen molar-refractivity contribution in [1.29, 1.82) is 0 Å². The molecule has 2 N–H and O–H groups in total. The summed E-state index contributed by atoms with van der Waals surface area (Å²) in [6, 6.07) is 24.8. The van der Waals surface area contributed by atoms with Crippen molar-refractivity contribution in [3.63, 3.8) is 0 Å². The second-order valence-electron chi connectivity index (χ2n) is 7.91. The van der Waals surface area contributed by atoms with Gasteiger partial charge in [0.1, 0.15) is 0 Å². The number of nitrogens with zero attached hydrogens (tertiary/aromatic N) is 1. The molecule has 0 bridgehead atoms. The van der Waals surface area contributed by atoms with Crippen LogP contribution >= 0.6 is 0 Å². The number of anilines is 1. The number of rotatable bonds is 6. The van der Waals surface area contributed by atoms with Gasteiger partial charge in [-0.05, 0) is 41.7 Å². The van der Waals surface area contributed by atoms with Gasteiger partial charge >= 0.3 is 6.03 Å². The third-order valence-corrected chi connectivity index (χ3v) is 5.80.